The largest absolute Gasteiger partial charge is 0.481 e. The molecule has 2 atom stereocenters. The van der Waals surface area contributed by atoms with Gasteiger partial charge in [0.05, 0.1) is 24.2 Å². The van der Waals surface area contributed by atoms with Gasteiger partial charge in [-0.25, -0.2) is 9.37 Å². The van der Waals surface area contributed by atoms with E-state index in [0.29, 0.717) is 27.6 Å². The monoisotopic (exact) mass is 353 g/mol. The van der Waals surface area contributed by atoms with Crippen molar-refractivity contribution < 1.29 is 14.2 Å². The van der Waals surface area contributed by atoms with E-state index in [1.807, 2.05) is 0 Å². The molecule has 2 aromatic heterocycles. The van der Waals surface area contributed by atoms with Crippen LogP contribution in [0.2, 0.25) is 0 Å². The first-order valence-corrected chi connectivity index (χ1v) is 8.55. The van der Waals surface area contributed by atoms with Crippen molar-refractivity contribution in [3.8, 4) is 11.9 Å². The van der Waals surface area contributed by atoms with Crippen LogP contribution in [0.25, 0.3) is 0 Å². The second-order valence-corrected chi connectivity index (χ2v) is 6.94. The molecular formula is C15H16FN3O2S2. The van der Waals surface area contributed by atoms with Gasteiger partial charge in [-0.05, 0) is 17.9 Å². The van der Waals surface area contributed by atoms with Crippen LogP contribution in [0.15, 0.2) is 28.6 Å². The average molecular weight is 353 g/mol. The third-order valence-electron chi connectivity index (χ3n) is 3.13. The molecular weight excluding hydrogens is 337 g/mol. The van der Waals surface area contributed by atoms with Gasteiger partial charge in [-0.1, -0.05) is 0 Å². The lowest BCUT2D eigenvalue weighted by atomic mass is 10.1. The fraction of sp³-hybridized carbons (Fsp3) is 0.333. The summed E-state index contributed by atoms with van der Waals surface area (Å²) in [6.45, 7) is -0.186. The van der Waals surface area contributed by atoms with Crippen molar-refractivity contribution in [2.24, 2.45) is 5.73 Å². The smallest absolute Gasteiger partial charge is 0.214 e. The standard InChI is InChI=1S/C15H16FN3O2S2/c1-21-14-5-12(9(6-17)7-19-14)23-13(4-10(18)8-20)15-11(16)2-3-22-15/h2-3,5,7,10,13,20H,4,8,18H2,1H3/t10-,13+/m0/s1. The second-order valence-electron chi connectivity index (χ2n) is 4.75. The lowest BCUT2D eigenvalue weighted by Crippen LogP contribution is -2.26. The maximum atomic E-state index is 14.0. The van der Waals surface area contributed by atoms with Crippen molar-refractivity contribution in [3.63, 3.8) is 0 Å². The Morgan fingerprint density at radius 1 is 1.61 bits per heavy atom. The number of aliphatic hydroxyl groups is 1. The number of halogens is 1. The number of aromatic nitrogens is 1. The Hall–Kier alpha value is -1.66. The van der Waals surface area contributed by atoms with E-state index in [-0.39, 0.29) is 17.7 Å². The Labute approximate surface area is 141 Å². The summed E-state index contributed by atoms with van der Waals surface area (Å²) in [6, 6.07) is 4.64. The first-order chi connectivity index (χ1) is 11.1. The molecule has 23 heavy (non-hydrogen) atoms. The second kappa shape index (κ2) is 8.26. The number of pyridine rings is 1. The summed E-state index contributed by atoms with van der Waals surface area (Å²) >= 11 is 2.61. The number of hydrogen-bond donors (Lipinski definition) is 2. The van der Waals surface area contributed by atoms with E-state index in [2.05, 4.69) is 11.1 Å². The lowest BCUT2D eigenvalue weighted by molar-refractivity contribution is 0.259. The van der Waals surface area contributed by atoms with Crippen molar-refractivity contribution in [1.29, 1.82) is 5.26 Å². The predicted molar refractivity (Wildman–Crippen MR) is 88.1 cm³/mol. The molecule has 2 heterocycles. The van der Waals surface area contributed by atoms with Crippen molar-refractivity contribution in [3.05, 3.63) is 40.0 Å². The van der Waals surface area contributed by atoms with Crippen LogP contribution in [0, 0.1) is 17.1 Å². The Morgan fingerprint density at radius 3 is 2.96 bits per heavy atom. The summed E-state index contributed by atoms with van der Waals surface area (Å²) in [4.78, 5) is 5.18. The molecule has 122 valence electrons. The van der Waals surface area contributed by atoms with E-state index in [1.165, 1.54) is 42.5 Å². The van der Waals surface area contributed by atoms with Gasteiger partial charge >= 0.3 is 0 Å². The summed E-state index contributed by atoms with van der Waals surface area (Å²) < 4.78 is 19.1. The zero-order valence-electron chi connectivity index (χ0n) is 12.4. The highest BCUT2D eigenvalue weighted by atomic mass is 32.2. The van der Waals surface area contributed by atoms with Gasteiger partial charge < -0.3 is 15.6 Å². The quantitative estimate of drug-likeness (QED) is 0.744. The van der Waals surface area contributed by atoms with Gasteiger partial charge in [-0.15, -0.1) is 23.1 Å². The van der Waals surface area contributed by atoms with Gasteiger partial charge in [0.25, 0.3) is 0 Å². The van der Waals surface area contributed by atoms with Crippen LogP contribution < -0.4 is 10.5 Å². The molecule has 0 unspecified atom stereocenters. The Kier molecular flexibility index (Phi) is 6.36. The molecule has 8 heteroatoms. The number of methoxy groups -OCH3 is 1. The maximum Gasteiger partial charge on any atom is 0.214 e. The van der Waals surface area contributed by atoms with Gasteiger partial charge in [0.2, 0.25) is 5.88 Å². The van der Waals surface area contributed by atoms with Gasteiger partial charge in [-0.3, -0.25) is 0 Å². The van der Waals surface area contributed by atoms with E-state index < -0.39 is 6.04 Å². The first kappa shape index (κ1) is 17.7. The zero-order chi connectivity index (χ0) is 16.8. The topological polar surface area (TPSA) is 92.2 Å². The van der Waals surface area contributed by atoms with Crippen molar-refractivity contribution in [2.45, 2.75) is 22.6 Å². The van der Waals surface area contributed by atoms with Gasteiger partial charge in [0.15, 0.2) is 0 Å². The van der Waals surface area contributed by atoms with Crippen LogP contribution in [0.5, 0.6) is 5.88 Å². The molecule has 2 rings (SSSR count). The molecule has 5 nitrogen and oxygen atoms in total. The number of nitriles is 1. The molecule has 0 spiro atoms. The summed E-state index contributed by atoms with van der Waals surface area (Å²) in [6.07, 6.45) is 1.81. The number of thiophene rings is 1. The SMILES string of the molecule is COc1cc(S[C@H](C[C@H](N)CO)c2sccc2F)c(C#N)cn1. The molecule has 0 saturated heterocycles. The molecule has 3 N–H and O–H groups in total. The number of ether oxygens (including phenoxy) is 1. The minimum atomic E-state index is -0.469. The van der Waals surface area contributed by atoms with Crippen LogP contribution in [0.3, 0.4) is 0 Å². The number of nitrogens with zero attached hydrogens (tertiary/aromatic N) is 2. The highest BCUT2D eigenvalue weighted by molar-refractivity contribution is 7.99. The van der Waals surface area contributed by atoms with Gasteiger partial charge in [0.1, 0.15) is 11.9 Å². The molecule has 0 amide bonds. The number of aliphatic hydroxyl groups excluding tert-OH is 1. The minimum absolute atomic E-state index is 0.186. The van der Waals surface area contributed by atoms with Crippen molar-refractivity contribution in [1.82, 2.24) is 4.98 Å². The molecule has 0 saturated carbocycles. The number of thioether (sulfide) groups is 1. The van der Waals surface area contributed by atoms with E-state index in [4.69, 9.17) is 10.5 Å². The average Bonchev–Trinajstić information content (AvgIpc) is 2.99. The summed E-state index contributed by atoms with van der Waals surface area (Å²) in [5.74, 6) is 0.0699. The van der Waals surface area contributed by atoms with Gasteiger partial charge in [-0.2, -0.15) is 5.26 Å². The van der Waals surface area contributed by atoms with E-state index in [1.54, 1.807) is 11.4 Å². The van der Waals surface area contributed by atoms with Crippen molar-refractivity contribution in [2.75, 3.05) is 13.7 Å². The normalized spacial score (nSPS) is 13.3. The van der Waals surface area contributed by atoms with E-state index >= 15 is 0 Å². The molecule has 0 radical (unpaired) electrons. The van der Waals surface area contributed by atoms with Crippen molar-refractivity contribution >= 4 is 23.1 Å². The van der Waals surface area contributed by atoms with E-state index in [0.717, 1.165) is 0 Å². The van der Waals surface area contributed by atoms with E-state index in [9.17, 15) is 14.8 Å². The van der Waals surface area contributed by atoms with Crippen LogP contribution in [-0.2, 0) is 0 Å². The molecule has 0 bridgehead atoms. The Morgan fingerprint density at radius 2 is 2.39 bits per heavy atom. The highest BCUT2D eigenvalue weighted by Crippen LogP contribution is 2.43. The van der Waals surface area contributed by atoms with Crippen LogP contribution >= 0.6 is 23.1 Å². The Balaban J connectivity index is 2.34. The number of rotatable bonds is 7. The van der Waals surface area contributed by atoms with Crippen LogP contribution in [0.1, 0.15) is 22.1 Å². The summed E-state index contributed by atoms with van der Waals surface area (Å²) in [5.41, 5.74) is 6.21. The molecule has 0 aliphatic carbocycles. The predicted octanol–water partition coefficient (Wildman–Crippen LogP) is 2.71. The first-order valence-electron chi connectivity index (χ1n) is 6.79. The minimum Gasteiger partial charge on any atom is -0.481 e. The maximum absolute atomic E-state index is 14.0. The van der Waals surface area contributed by atoms with Crippen LogP contribution in [0.4, 0.5) is 4.39 Å². The number of hydrogen-bond acceptors (Lipinski definition) is 7. The zero-order valence-corrected chi connectivity index (χ0v) is 14.0. The highest BCUT2D eigenvalue weighted by Gasteiger charge is 2.23. The number of nitrogens with two attached hydrogens (primary N) is 1. The lowest BCUT2D eigenvalue weighted by Gasteiger charge is -2.19. The molecule has 0 aromatic carbocycles. The molecule has 0 aliphatic rings. The molecule has 0 aliphatic heterocycles. The fourth-order valence-corrected chi connectivity index (χ4v) is 4.30. The molecule has 0 fully saturated rings. The summed E-state index contributed by atoms with van der Waals surface area (Å²) in [7, 11) is 1.49. The third-order valence-corrected chi connectivity index (χ3v) is 5.59. The third kappa shape index (κ3) is 4.42. The molecule has 2 aromatic rings. The van der Waals surface area contributed by atoms with Gasteiger partial charge in [0, 0.05) is 28.5 Å². The Bertz CT molecular complexity index is 702. The van der Waals surface area contributed by atoms with Crippen LogP contribution in [-0.4, -0.2) is 29.8 Å². The fourth-order valence-electron chi connectivity index (χ4n) is 1.96. The summed E-state index contributed by atoms with van der Waals surface area (Å²) in [5, 5.41) is 19.8.